The fourth-order valence-electron chi connectivity index (χ4n) is 9.51. The van der Waals surface area contributed by atoms with Crippen molar-refractivity contribution in [1.29, 1.82) is 0 Å². The van der Waals surface area contributed by atoms with Gasteiger partial charge in [0.1, 0.15) is 5.60 Å². The number of fused-ring (bicyclic) bond motifs is 2. The average Bonchev–Trinajstić information content (AvgIpc) is 3.76. The van der Waals surface area contributed by atoms with E-state index in [0.29, 0.717) is 17.3 Å². The predicted molar refractivity (Wildman–Crippen MR) is 170 cm³/mol. The Labute approximate surface area is 255 Å². The SMILES string of the molecule is CC(C)(O)/C=C\CC1(C2=CCC3[C@@H](O)CCC[C@]23C)CC1.CC(C)(O)C#CCC1(C2=CCC3[C@@H](O)CCC[C@]23C)CC1. The molecule has 0 radical (unpaired) electrons. The molecule has 42 heavy (non-hydrogen) atoms. The van der Waals surface area contributed by atoms with Crippen molar-refractivity contribution >= 4 is 0 Å². The molecule has 6 aliphatic carbocycles. The molecule has 0 spiro atoms. The number of allylic oxidation sites excluding steroid dienone is 5. The number of rotatable bonds is 6. The predicted octanol–water partition coefficient (Wildman–Crippen LogP) is 7.41. The molecule has 4 N–H and O–H groups in total. The summed E-state index contributed by atoms with van der Waals surface area (Å²) in [7, 11) is 0. The summed E-state index contributed by atoms with van der Waals surface area (Å²) < 4.78 is 0. The highest BCUT2D eigenvalue weighted by atomic mass is 16.3. The molecule has 0 amide bonds. The molecule has 0 saturated heterocycles. The third-order valence-electron chi connectivity index (χ3n) is 12.0. The van der Waals surface area contributed by atoms with Gasteiger partial charge >= 0.3 is 0 Å². The van der Waals surface area contributed by atoms with E-state index in [-0.39, 0.29) is 28.5 Å². The average molecular weight is 579 g/mol. The molecule has 6 atom stereocenters. The lowest BCUT2D eigenvalue weighted by molar-refractivity contribution is 0.00658. The van der Waals surface area contributed by atoms with Crippen LogP contribution in [0.25, 0.3) is 0 Å². The third kappa shape index (κ3) is 6.37. The topological polar surface area (TPSA) is 80.9 Å². The van der Waals surface area contributed by atoms with Crippen molar-refractivity contribution < 1.29 is 20.4 Å². The molecule has 6 aliphatic rings. The van der Waals surface area contributed by atoms with Gasteiger partial charge in [0.2, 0.25) is 0 Å². The summed E-state index contributed by atoms with van der Waals surface area (Å²) in [5.41, 5.74) is 2.58. The summed E-state index contributed by atoms with van der Waals surface area (Å²) in [6, 6.07) is 0. The van der Waals surface area contributed by atoms with Crippen molar-refractivity contribution in [2.24, 2.45) is 33.5 Å². The first-order chi connectivity index (χ1) is 19.5. The van der Waals surface area contributed by atoms with Gasteiger partial charge in [0.05, 0.1) is 17.8 Å². The Balaban J connectivity index is 0.000000168. The second kappa shape index (κ2) is 11.2. The summed E-state index contributed by atoms with van der Waals surface area (Å²) in [6.45, 7) is 11.9. The van der Waals surface area contributed by atoms with Crippen LogP contribution in [0.3, 0.4) is 0 Å². The van der Waals surface area contributed by atoms with Crippen LogP contribution < -0.4 is 0 Å². The molecule has 6 rings (SSSR count). The molecule has 0 heterocycles. The molecule has 4 heteroatoms. The van der Waals surface area contributed by atoms with Crippen LogP contribution in [0.5, 0.6) is 0 Å². The van der Waals surface area contributed by atoms with Crippen LogP contribution in [0.4, 0.5) is 0 Å². The van der Waals surface area contributed by atoms with Crippen molar-refractivity contribution in [2.45, 2.75) is 155 Å². The lowest BCUT2D eigenvalue weighted by Gasteiger charge is -2.44. The summed E-state index contributed by atoms with van der Waals surface area (Å²) in [4.78, 5) is 0. The summed E-state index contributed by atoms with van der Waals surface area (Å²) in [5.74, 6) is 7.05. The zero-order valence-corrected chi connectivity index (χ0v) is 27.3. The monoisotopic (exact) mass is 578 g/mol. The standard InChI is InChI=1S/C19H30O2.C19H28O2/c2*1-17(2,21)9-5-11-19(12-13-19)16-8-7-14-15(20)6-4-10-18(14,16)3/h5,8-9,14-15,20-21H,4,6-7,10-13H2,1-3H3;8,14-15,20-21H,4,6-7,10-13H2,1-3H3/b9-5-;/t2*14?,15-,18-/m00/s1. The first kappa shape index (κ1) is 32.0. The molecule has 4 saturated carbocycles. The Morgan fingerprint density at radius 2 is 1.26 bits per heavy atom. The van der Waals surface area contributed by atoms with Crippen LogP contribution >= 0.6 is 0 Å². The van der Waals surface area contributed by atoms with Gasteiger partial charge in [0.15, 0.2) is 0 Å². The maximum Gasteiger partial charge on any atom is 0.119 e. The lowest BCUT2D eigenvalue weighted by Crippen LogP contribution is -2.40. The number of hydrogen-bond donors (Lipinski definition) is 4. The maximum atomic E-state index is 10.4. The molecule has 0 aromatic carbocycles. The molecule has 0 aromatic heterocycles. The Bertz CT molecular complexity index is 1160. The van der Waals surface area contributed by atoms with Gasteiger partial charge in [-0.2, -0.15) is 0 Å². The van der Waals surface area contributed by atoms with Crippen molar-refractivity contribution in [2.75, 3.05) is 0 Å². The van der Waals surface area contributed by atoms with E-state index in [1.165, 1.54) is 38.5 Å². The van der Waals surface area contributed by atoms with E-state index >= 15 is 0 Å². The van der Waals surface area contributed by atoms with Gasteiger partial charge in [-0.05, 0) is 139 Å². The van der Waals surface area contributed by atoms with Gasteiger partial charge in [-0.15, -0.1) is 0 Å². The van der Waals surface area contributed by atoms with E-state index in [2.05, 4.69) is 43.9 Å². The van der Waals surface area contributed by atoms with E-state index in [4.69, 9.17) is 0 Å². The van der Waals surface area contributed by atoms with E-state index in [1.54, 1.807) is 25.0 Å². The van der Waals surface area contributed by atoms with Crippen LogP contribution in [0.2, 0.25) is 0 Å². The number of hydrogen-bond acceptors (Lipinski definition) is 4. The van der Waals surface area contributed by atoms with Crippen molar-refractivity contribution in [3.63, 3.8) is 0 Å². The molecule has 2 unspecified atom stereocenters. The minimum atomic E-state index is -0.895. The van der Waals surface area contributed by atoms with Crippen molar-refractivity contribution in [1.82, 2.24) is 0 Å². The second-order valence-electron chi connectivity index (χ2n) is 16.5. The smallest absolute Gasteiger partial charge is 0.119 e. The summed E-state index contributed by atoms with van der Waals surface area (Å²) in [5, 5.41) is 40.3. The minimum Gasteiger partial charge on any atom is -0.393 e. The molecular weight excluding hydrogens is 520 g/mol. The number of aliphatic hydroxyl groups is 4. The molecule has 4 nitrogen and oxygen atoms in total. The second-order valence-corrected chi connectivity index (χ2v) is 16.5. The summed E-state index contributed by atoms with van der Waals surface area (Å²) >= 11 is 0. The Morgan fingerprint density at radius 3 is 1.69 bits per heavy atom. The molecular formula is C38H58O4. The van der Waals surface area contributed by atoms with Crippen LogP contribution in [0, 0.1) is 45.3 Å². The maximum absolute atomic E-state index is 10.4. The van der Waals surface area contributed by atoms with Gasteiger partial charge in [0.25, 0.3) is 0 Å². The third-order valence-corrected chi connectivity index (χ3v) is 12.0. The highest BCUT2D eigenvalue weighted by Gasteiger charge is 2.58. The number of aliphatic hydroxyl groups excluding tert-OH is 2. The Hall–Kier alpha value is -1.38. The van der Waals surface area contributed by atoms with Gasteiger partial charge in [0, 0.05) is 11.8 Å². The fourth-order valence-corrected chi connectivity index (χ4v) is 9.51. The van der Waals surface area contributed by atoms with Crippen molar-refractivity contribution in [3.05, 3.63) is 35.5 Å². The van der Waals surface area contributed by atoms with Crippen LogP contribution in [-0.4, -0.2) is 43.8 Å². The zero-order valence-electron chi connectivity index (χ0n) is 27.3. The highest BCUT2D eigenvalue weighted by molar-refractivity contribution is 5.37. The van der Waals surface area contributed by atoms with E-state index in [9.17, 15) is 20.4 Å². The fraction of sp³-hybridized carbons (Fsp3) is 0.789. The Morgan fingerprint density at radius 1 is 0.786 bits per heavy atom. The Kier molecular flexibility index (Phi) is 8.54. The molecule has 4 fully saturated rings. The zero-order chi connectivity index (χ0) is 30.6. The normalized spacial score (nSPS) is 37.9. The molecule has 0 aliphatic heterocycles. The molecule has 0 aromatic rings. The quantitative estimate of drug-likeness (QED) is 0.195. The van der Waals surface area contributed by atoms with E-state index in [0.717, 1.165) is 51.4 Å². The van der Waals surface area contributed by atoms with Crippen LogP contribution in [0.15, 0.2) is 35.5 Å². The van der Waals surface area contributed by atoms with Crippen molar-refractivity contribution in [3.8, 4) is 11.8 Å². The lowest BCUT2D eigenvalue weighted by atomic mass is 9.62. The van der Waals surface area contributed by atoms with Crippen LogP contribution in [0.1, 0.15) is 131 Å². The molecule has 0 bridgehead atoms. The van der Waals surface area contributed by atoms with Gasteiger partial charge in [-0.1, -0.05) is 61.1 Å². The van der Waals surface area contributed by atoms with E-state index in [1.807, 2.05) is 19.9 Å². The van der Waals surface area contributed by atoms with Crippen LogP contribution in [-0.2, 0) is 0 Å². The highest BCUT2D eigenvalue weighted by Crippen LogP contribution is 2.67. The summed E-state index contributed by atoms with van der Waals surface area (Å²) in [6.07, 6.45) is 24.4. The van der Waals surface area contributed by atoms with Gasteiger partial charge in [-0.3, -0.25) is 0 Å². The largest absolute Gasteiger partial charge is 0.393 e. The van der Waals surface area contributed by atoms with Gasteiger partial charge in [-0.25, -0.2) is 0 Å². The van der Waals surface area contributed by atoms with E-state index < -0.39 is 11.2 Å². The first-order valence-corrected chi connectivity index (χ1v) is 16.9. The first-order valence-electron chi connectivity index (χ1n) is 16.9. The minimum absolute atomic E-state index is 0.111. The van der Waals surface area contributed by atoms with Gasteiger partial charge < -0.3 is 20.4 Å². The molecule has 234 valence electrons.